The molecule has 2 rings (SSSR count). The van der Waals surface area contributed by atoms with Gasteiger partial charge in [0.05, 0.1) is 17.8 Å². The molecule has 0 fully saturated rings. The molecule has 0 unspecified atom stereocenters. The molecule has 0 spiro atoms. The van der Waals surface area contributed by atoms with Gasteiger partial charge in [0.15, 0.2) is 5.82 Å². The van der Waals surface area contributed by atoms with Gasteiger partial charge in [0.25, 0.3) is 0 Å². The van der Waals surface area contributed by atoms with E-state index in [-0.39, 0.29) is 5.56 Å². The first-order chi connectivity index (χ1) is 8.61. The summed E-state index contributed by atoms with van der Waals surface area (Å²) in [6, 6.07) is 6.00. The highest BCUT2D eigenvalue weighted by atomic mass is 19.1. The lowest BCUT2D eigenvalue weighted by Gasteiger charge is -2.07. The number of aryl methyl sites for hydroxylation is 1. The molecule has 18 heavy (non-hydrogen) atoms. The highest BCUT2D eigenvalue weighted by molar-refractivity contribution is 5.57. The van der Waals surface area contributed by atoms with E-state index in [1.165, 1.54) is 18.2 Å². The Balaban J connectivity index is 2.16. The monoisotopic (exact) mass is 245 g/mol. The van der Waals surface area contributed by atoms with Crippen LogP contribution in [0, 0.1) is 24.1 Å². The first-order valence-electron chi connectivity index (χ1n) is 5.40. The first kappa shape index (κ1) is 12.0. The standard InChI is InChI=1S/C12H12FN5/c1-8-16-17-12(18(8)2)7-15-11-4-3-10(13)5-9(11)6-14/h3-5,15H,7H2,1-2H3. The Morgan fingerprint density at radius 2 is 2.22 bits per heavy atom. The third kappa shape index (κ3) is 2.30. The van der Waals surface area contributed by atoms with Crippen LogP contribution in [0.25, 0.3) is 0 Å². The van der Waals surface area contributed by atoms with Crippen LogP contribution in [0.4, 0.5) is 10.1 Å². The Bertz CT molecular complexity index is 611. The second kappa shape index (κ2) is 4.84. The SMILES string of the molecule is Cc1nnc(CNc2ccc(F)cc2C#N)n1C. The van der Waals surface area contributed by atoms with Crippen molar-refractivity contribution in [3.05, 3.63) is 41.2 Å². The number of nitrogens with one attached hydrogen (secondary N) is 1. The van der Waals surface area contributed by atoms with Gasteiger partial charge < -0.3 is 9.88 Å². The summed E-state index contributed by atoms with van der Waals surface area (Å²) in [4.78, 5) is 0. The number of nitriles is 1. The van der Waals surface area contributed by atoms with Crippen molar-refractivity contribution in [3.63, 3.8) is 0 Å². The molecule has 0 amide bonds. The number of halogens is 1. The molecule has 1 aromatic carbocycles. The minimum Gasteiger partial charge on any atom is -0.377 e. The fourth-order valence-corrected chi connectivity index (χ4v) is 1.54. The van der Waals surface area contributed by atoms with Crippen molar-refractivity contribution in [2.24, 2.45) is 7.05 Å². The summed E-state index contributed by atoms with van der Waals surface area (Å²) in [5.41, 5.74) is 0.855. The summed E-state index contributed by atoms with van der Waals surface area (Å²) in [5.74, 6) is 1.14. The minimum absolute atomic E-state index is 0.272. The van der Waals surface area contributed by atoms with Crippen molar-refractivity contribution < 1.29 is 4.39 Å². The predicted octanol–water partition coefficient (Wildman–Crippen LogP) is 1.75. The number of benzene rings is 1. The van der Waals surface area contributed by atoms with Gasteiger partial charge in [0.1, 0.15) is 17.7 Å². The van der Waals surface area contributed by atoms with E-state index in [9.17, 15) is 4.39 Å². The number of rotatable bonds is 3. The van der Waals surface area contributed by atoms with E-state index in [1.54, 1.807) is 0 Å². The molecule has 0 bridgehead atoms. The van der Waals surface area contributed by atoms with Gasteiger partial charge in [-0.1, -0.05) is 0 Å². The Kier molecular flexibility index (Phi) is 3.24. The molecule has 0 aliphatic carbocycles. The zero-order chi connectivity index (χ0) is 13.1. The molecule has 0 atom stereocenters. The first-order valence-corrected chi connectivity index (χ1v) is 5.40. The van der Waals surface area contributed by atoms with E-state index in [0.717, 1.165) is 11.6 Å². The maximum absolute atomic E-state index is 13.0. The quantitative estimate of drug-likeness (QED) is 0.894. The summed E-state index contributed by atoms with van der Waals surface area (Å²) in [6.45, 7) is 2.28. The van der Waals surface area contributed by atoms with E-state index in [0.29, 0.717) is 12.2 Å². The van der Waals surface area contributed by atoms with Gasteiger partial charge in [0, 0.05) is 7.05 Å². The Hall–Kier alpha value is -2.42. The van der Waals surface area contributed by atoms with E-state index in [4.69, 9.17) is 5.26 Å². The highest BCUT2D eigenvalue weighted by Gasteiger charge is 2.07. The van der Waals surface area contributed by atoms with Crippen molar-refractivity contribution in [2.75, 3.05) is 5.32 Å². The zero-order valence-electron chi connectivity index (χ0n) is 10.1. The molecule has 1 heterocycles. The van der Waals surface area contributed by atoms with Crippen LogP contribution in [-0.4, -0.2) is 14.8 Å². The molecule has 0 radical (unpaired) electrons. The number of aromatic nitrogens is 3. The second-order valence-corrected chi connectivity index (χ2v) is 3.88. The summed E-state index contributed by atoms with van der Waals surface area (Å²) in [5, 5.41) is 19.9. The molecule has 0 saturated heterocycles. The average molecular weight is 245 g/mol. The lowest BCUT2D eigenvalue weighted by molar-refractivity contribution is 0.627. The number of hydrogen-bond donors (Lipinski definition) is 1. The van der Waals surface area contributed by atoms with Gasteiger partial charge in [-0.25, -0.2) is 4.39 Å². The largest absolute Gasteiger partial charge is 0.377 e. The average Bonchev–Trinajstić information content (AvgIpc) is 2.68. The van der Waals surface area contributed by atoms with Crippen LogP contribution in [0.2, 0.25) is 0 Å². The van der Waals surface area contributed by atoms with Crippen LogP contribution in [-0.2, 0) is 13.6 Å². The van der Waals surface area contributed by atoms with Gasteiger partial charge in [0.2, 0.25) is 0 Å². The Labute approximate surface area is 104 Å². The molecule has 0 aliphatic rings. The van der Waals surface area contributed by atoms with Crippen molar-refractivity contribution in [3.8, 4) is 6.07 Å². The number of hydrogen-bond acceptors (Lipinski definition) is 4. The van der Waals surface area contributed by atoms with Crippen LogP contribution < -0.4 is 5.32 Å². The van der Waals surface area contributed by atoms with E-state index in [1.807, 2.05) is 24.6 Å². The predicted molar refractivity (Wildman–Crippen MR) is 64.2 cm³/mol. The third-order valence-electron chi connectivity index (χ3n) is 2.72. The second-order valence-electron chi connectivity index (χ2n) is 3.88. The number of anilines is 1. The molecular formula is C12H12FN5. The van der Waals surface area contributed by atoms with Crippen molar-refractivity contribution in [1.82, 2.24) is 14.8 Å². The lowest BCUT2D eigenvalue weighted by atomic mass is 10.2. The molecule has 0 saturated carbocycles. The fraction of sp³-hybridized carbons (Fsp3) is 0.250. The van der Waals surface area contributed by atoms with Crippen LogP contribution in [0.3, 0.4) is 0 Å². The lowest BCUT2D eigenvalue weighted by Crippen LogP contribution is -2.07. The zero-order valence-corrected chi connectivity index (χ0v) is 10.1. The Morgan fingerprint density at radius 1 is 1.44 bits per heavy atom. The molecule has 0 aliphatic heterocycles. The maximum atomic E-state index is 13.0. The third-order valence-corrected chi connectivity index (χ3v) is 2.72. The topological polar surface area (TPSA) is 66.5 Å². The highest BCUT2D eigenvalue weighted by Crippen LogP contribution is 2.16. The van der Waals surface area contributed by atoms with Crippen LogP contribution in [0.1, 0.15) is 17.2 Å². The van der Waals surface area contributed by atoms with Gasteiger partial charge in [-0.05, 0) is 25.1 Å². The van der Waals surface area contributed by atoms with Crippen LogP contribution in [0.15, 0.2) is 18.2 Å². The van der Waals surface area contributed by atoms with Gasteiger partial charge in [-0.2, -0.15) is 5.26 Å². The minimum atomic E-state index is -0.424. The maximum Gasteiger partial charge on any atom is 0.152 e. The van der Waals surface area contributed by atoms with E-state index < -0.39 is 5.82 Å². The molecule has 6 heteroatoms. The van der Waals surface area contributed by atoms with E-state index in [2.05, 4.69) is 15.5 Å². The summed E-state index contributed by atoms with van der Waals surface area (Å²) in [7, 11) is 1.86. The summed E-state index contributed by atoms with van der Waals surface area (Å²) < 4.78 is 14.8. The smallest absolute Gasteiger partial charge is 0.152 e. The van der Waals surface area contributed by atoms with Crippen molar-refractivity contribution in [1.29, 1.82) is 5.26 Å². The summed E-state index contributed by atoms with van der Waals surface area (Å²) in [6.07, 6.45) is 0. The summed E-state index contributed by atoms with van der Waals surface area (Å²) >= 11 is 0. The van der Waals surface area contributed by atoms with Gasteiger partial charge in [-0.15, -0.1) is 10.2 Å². The molecule has 1 aromatic heterocycles. The molecule has 1 N–H and O–H groups in total. The molecule has 2 aromatic rings. The van der Waals surface area contributed by atoms with Crippen LogP contribution in [0.5, 0.6) is 0 Å². The molecule has 92 valence electrons. The van der Waals surface area contributed by atoms with Gasteiger partial charge >= 0.3 is 0 Å². The van der Waals surface area contributed by atoms with Crippen molar-refractivity contribution in [2.45, 2.75) is 13.5 Å². The molecular weight excluding hydrogens is 233 g/mol. The fourth-order valence-electron chi connectivity index (χ4n) is 1.54. The Morgan fingerprint density at radius 3 is 2.83 bits per heavy atom. The van der Waals surface area contributed by atoms with Crippen molar-refractivity contribution >= 4 is 5.69 Å². The van der Waals surface area contributed by atoms with E-state index >= 15 is 0 Å². The molecule has 5 nitrogen and oxygen atoms in total. The number of nitrogens with zero attached hydrogens (tertiary/aromatic N) is 4. The normalized spacial score (nSPS) is 10.1. The van der Waals surface area contributed by atoms with Gasteiger partial charge in [-0.3, -0.25) is 0 Å². The van der Waals surface area contributed by atoms with Crippen LogP contribution >= 0.6 is 0 Å².